The Morgan fingerprint density at radius 1 is 1.09 bits per heavy atom. The standard InChI is InChI=1S/C27H33N3O4/c1-33-24-11-10-19-20(25(24)34-2)13-16-29-22(19)17-23-21(26(29)31)9-6-15-30(23)27(32)28-14-12-18-7-4-3-5-8-18/h3-5,7-8,10-11,21-23H,6,9,12-17H2,1-2H3,(H,28,32)/t21-,22-,23-/m0/s1. The average Bonchev–Trinajstić information content (AvgIpc) is 2.88. The summed E-state index contributed by atoms with van der Waals surface area (Å²) in [6.45, 7) is 1.95. The molecule has 2 aromatic rings. The fourth-order valence-electron chi connectivity index (χ4n) is 6.04. The van der Waals surface area contributed by atoms with Gasteiger partial charge in [0.15, 0.2) is 11.5 Å². The summed E-state index contributed by atoms with van der Waals surface area (Å²) in [4.78, 5) is 30.7. The summed E-state index contributed by atoms with van der Waals surface area (Å²) < 4.78 is 11.2. The topological polar surface area (TPSA) is 71.1 Å². The van der Waals surface area contributed by atoms with Crippen molar-refractivity contribution in [3.05, 3.63) is 59.2 Å². The van der Waals surface area contributed by atoms with Crippen molar-refractivity contribution in [1.82, 2.24) is 15.1 Å². The van der Waals surface area contributed by atoms with Gasteiger partial charge >= 0.3 is 6.03 Å². The van der Waals surface area contributed by atoms with Crippen LogP contribution in [0, 0.1) is 5.92 Å². The molecule has 0 aromatic heterocycles. The number of carbonyl (C=O) groups excluding carboxylic acids is 2. The Hall–Kier alpha value is -3.22. The molecule has 7 heteroatoms. The minimum atomic E-state index is -0.119. The summed E-state index contributed by atoms with van der Waals surface area (Å²) in [6, 6.07) is 14.0. The van der Waals surface area contributed by atoms with Gasteiger partial charge in [-0.15, -0.1) is 0 Å². The van der Waals surface area contributed by atoms with Gasteiger partial charge in [0.25, 0.3) is 0 Å². The molecule has 0 radical (unpaired) electrons. The normalized spacial score (nSPS) is 23.5. The summed E-state index contributed by atoms with van der Waals surface area (Å²) in [6.07, 6.45) is 4.00. The molecule has 0 bridgehead atoms. The number of fused-ring (bicyclic) bond motifs is 4. The molecule has 1 N–H and O–H groups in total. The molecular weight excluding hydrogens is 430 g/mol. The minimum Gasteiger partial charge on any atom is -0.493 e. The van der Waals surface area contributed by atoms with Crippen LogP contribution in [0.25, 0.3) is 0 Å². The molecule has 3 atom stereocenters. The maximum Gasteiger partial charge on any atom is 0.317 e. The molecule has 180 valence electrons. The van der Waals surface area contributed by atoms with Crippen LogP contribution in [0.15, 0.2) is 42.5 Å². The van der Waals surface area contributed by atoms with E-state index in [0.29, 0.717) is 25.4 Å². The fourth-order valence-corrected chi connectivity index (χ4v) is 6.04. The molecule has 7 nitrogen and oxygen atoms in total. The Balaban J connectivity index is 1.35. The summed E-state index contributed by atoms with van der Waals surface area (Å²) >= 11 is 0. The second kappa shape index (κ2) is 9.57. The second-order valence-corrected chi connectivity index (χ2v) is 9.38. The number of rotatable bonds is 5. The summed E-state index contributed by atoms with van der Waals surface area (Å²) in [5.41, 5.74) is 3.43. The molecule has 34 heavy (non-hydrogen) atoms. The van der Waals surface area contributed by atoms with E-state index in [2.05, 4.69) is 23.5 Å². The molecular formula is C27H33N3O4. The van der Waals surface area contributed by atoms with Crippen LogP contribution >= 0.6 is 0 Å². The Bertz CT molecular complexity index is 1060. The lowest BCUT2D eigenvalue weighted by Gasteiger charge is -2.51. The SMILES string of the molecule is COc1ccc2c(c1OC)CCN1C(=O)[C@H]3CCCN(C(=O)NCCc4ccccc4)[C@H]3C[C@@H]21. The second-order valence-electron chi connectivity index (χ2n) is 9.38. The van der Waals surface area contributed by atoms with Crippen molar-refractivity contribution in [2.45, 2.75) is 44.2 Å². The van der Waals surface area contributed by atoms with Crippen LogP contribution < -0.4 is 14.8 Å². The number of urea groups is 1. The number of nitrogens with zero attached hydrogens (tertiary/aromatic N) is 2. The monoisotopic (exact) mass is 463 g/mol. The quantitative estimate of drug-likeness (QED) is 0.736. The highest BCUT2D eigenvalue weighted by Gasteiger charge is 2.49. The van der Waals surface area contributed by atoms with Crippen LogP contribution in [0.3, 0.4) is 0 Å². The van der Waals surface area contributed by atoms with Gasteiger partial charge in [-0.1, -0.05) is 36.4 Å². The first kappa shape index (κ1) is 22.6. The van der Waals surface area contributed by atoms with Gasteiger partial charge in [-0.05, 0) is 49.3 Å². The predicted octanol–water partition coefficient (Wildman–Crippen LogP) is 3.57. The Morgan fingerprint density at radius 2 is 1.91 bits per heavy atom. The van der Waals surface area contributed by atoms with Crippen molar-refractivity contribution in [1.29, 1.82) is 0 Å². The lowest BCUT2D eigenvalue weighted by Crippen LogP contribution is -2.61. The number of likely N-dealkylation sites (tertiary alicyclic amines) is 1. The van der Waals surface area contributed by atoms with Crippen molar-refractivity contribution in [2.24, 2.45) is 5.92 Å². The first-order valence-corrected chi connectivity index (χ1v) is 12.2. The molecule has 3 aliphatic heterocycles. The van der Waals surface area contributed by atoms with Gasteiger partial charge in [0.1, 0.15) is 0 Å². The number of hydrogen-bond acceptors (Lipinski definition) is 4. The van der Waals surface area contributed by atoms with E-state index in [1.165, 1.54) is 5.56 Å². The van der Waals surface area contributed by atoms with Crippen molar-refractivity contribution in [3.63, 3.8) is 0 Å². The maximum atomic E-state index is 13.6. The lowest BCUT2D eigenvalue weighted by molar-refractivity contribution is -0.148. The van der Waals surface area contributed by atoms with E-state index in [1.54, 1.807) is 14.2 Å². The highest BCUT2D eigenvalue weighted by atomic mass is 16.5. The first-order valence-electron chi connectivity index (χ1n) is 12.2. The zero-order valence-electron chi connectivity index (χ0n) is 20.0. The molecule has 0 aliphatic carbocycles. The largest absolute Gasteiger partial charge is 0.493 e. The summed E-state index contributed by atoms with van der Waals surface area (Å²) in [7, 11) is 3.31. The van der Waals surface area contributed by atoms with Crippen LogP contribution in [0.2, 0.25) is 0 Å². The minimum absolute atomic E-state index is 0.0463. The number of benzene rings is 2. The van der Waals surface area contributed by atoms with E-state index in [4.69, 9.17) is 9.47 Å². The zero-order valence-corrected chi connectivity index (χ0v) is 20.0. The van der Waals surface area contributed by atoms with Crippen LogP contribution in [0.5, 0.6) is 11.5 Å². The third-order valence-corrected chi connectivity index (χ3v) is 7.66. The van der Waals surface area contributed by atoms with Crippen molar-refractivity contribution >= 4 is 11.9 Å². The van der Waals surface area contributed by atoms with Gasteiger partial charge < -0.3 is 24.6 Å². The third-order valence-electron chi connectivity index (χ3n) is 7.66. The van der Waals surface area contributed by atoms with E-state index in [9.17, 15) is 9.59 Å². The van der Waals surface area contributed by atoms with Crippen LogP contribution in [0.1, 0.15) is 42.0 Å². The van der Waals surface area contributed by atoms with Gasteiger partial charge in [-0.3, -0.25) is 4.79 Å². The molecule has 2 aromatic carbocycles. The van der Waals surface area contributed by atoms with E-state index in [1.807, 2.05) is 34.1 Å². The molecule has 2 saturated heterocycles. The van der Waals surface area contributed by atoms with Gasteiger partial charge in [0.2, 0.25) is 5.91 Å². The zero-order chi connectivity index (χ0) is 23.7. The van der Waals surface area contributed by atoms with Crippen LogP contribution in [0.4, 0.5) is 4.79 Å². The van der Waals surface area contributed by atoms with Crippen LogP contribution in [-0.4, -0.2) is 61.6 Å². The highest BCUT2D eigenvalue weighted by molar-refractivity contribution is 5.84. The highest BCUT2D eigenvalue weighted by Crippen LogP contribution is 2.47. The Morgan fingerprint density at radius 3 is 2.68 bits per heavy atom. The smallest absolute Gasteiger partial charge is 0.317 e. The van der Waals surface area contributed by atoms with Crippen molar-refractivity contribution in [3.8, 4) is 11.5 Å². The predicted molar refractivity (Wildman–Crippen MR) is 129 cm³/mol. The first-order chi connectivity index (χ1) is 16.6. The number of nitrogens with one attached hydrogen (secondary N) is 1. The van der Waals surface area contributed by atoms with Gasteiger partial charge in [-0.25, -0.2) is 4.79 Å². The number of ether oxygens (including phenoxy) is 2. The average molecular weight is 464 g/mol. The molecule has 5 rings (SSSR count). The lowest BCUT2D eigenvalue weighted by atomic mass is 9.76. The number of amides is 3. The third kappa shape index (κ3) is 3.97. The van der Waals surface area contributed by atoms with E-state index < -0.39 is 0 Å². The van der Waals surface area contributed by atoms with Gasteiger partial charge in [-0.2, -0.15) is 0 Å². The Labute approximate surface area is 201 Å². The van der Waals surface area contributed by atoms with Crippen molar-refractivity contribution < 1.29 is 19.1 Å². The molecule has 2 fully saturated rings. The number of carbonyl (C=O) groups is 2. The van der Waals surface area contributed by atoms with Crippen LogP contribution in [-0.2, 0) is 17.6 Å². The number of piperidine rings is 2. The molecule has 3 heterocycles. The molecule has 0 spiro atoms. The van der Waals surface area contributed by atoms with Gasteiger partial charge in [0.05, 0.1) is 26.2 Å². The molecule has 0 saturated carbocycles. The van der Waals surface area contributed by atoms with Crippen molar-refractivity contribution in [2.75, 3.05) is 33.9 Å². The van der Waals surface area contributed by atoms with Gasteiger partial charge in [0, 0.05) is 31.2 Å². The number of methoxy groups -OCH3 is 2. The number of hydrogen-bond donors (Lipinski definition) is 1. The molecule has 3 amide bonds. The van der Waals surface area contributed by atoms with E-state index >= 15 is 0 Å². The molecule has 0 unspecified atom stereocenters. The molecule has 3 aliphatic rings. The summed E-state index contributed by atoms with van der Waals surface area (Å²) in [5.74, 6) is 1.54. The fraction of sp³-hybridized carbons (Fsp3) is 0.481. The maximum absolute atomic E-state index is 13.6. The van der Waals surface area contributed by atoms with E-state index in [0.717, 1.165) is 49.0 Å². The summed E-state index contributed by atoms with van der Waals surface area (Å²) in [5, 5.41) is 3.10. The Kier molecular flexibility index (Phi) is 6.35. The van der Waals surface area contributed by atoms with E-state index in [-0.39, 0.29) is 29.9 Å².